The third-order valence-electron chi connectivity index (χ3n) is 3.77. The van der Waals surface area contributed by atoms with Gasteiger partial charge in [0.05, 0.1) is 0 Å². The van der Waals surface area contributed by atoms with Gasteiger partial charge < -0.3 is 19.7 Å². The van der Waals surface area contributed by atoms with Crippen molar-refractivity contribution in [2.24, 2.45) is 0 Å². The molecule has 0 fully saturated rings. The van der Waals surface area contributed by atoms with Crippen LogP contribution in [0.5, 0.6) is 11.5 Å². The number of rotatable bonds is 8. The summed E-state index contributed by atoms with van der Waals surface area (Å²) in [7, 11) is 0. The molecular weight excluding hydrogens is 252 g/mol. The summed E-state index contributed by atoms with van der Waals surface area (Å²) < 4.78 is 10.9. The van der Waals surface area contributed by atoms with Gasteiger partial charge in [-0.25, -0.2) is 0 Å². The minimum Gasteiger partial charge on any atom is -0.454 e. The normalized spacial score (nSPS) is 14.8. The number of fused-ring (bicyclic) bond motifs is 1. The third-order valence-corrected chi connectivity index (χ3v) is 3.77. The maximum atomic E-state index is 5.49. The topological polar surface area (TPSA) is 33.7 Å². The number of nitrogens with one attached hydrogen (secondary N) is 1. The van der Waals surface area contributed by atoms with Crippen LogP contribution >= 0.6 is 0 Å². The highest BCUT2D eigenvalue weighted by Gasteiger charge is 2.19. The van der Waals surface area contributed by atoms with Crippen molar-refractivity contribution >= 4 is 0 Å². The highest BCUT2D eigenvalue weighted by atomic mass is 16.7. The molecule has 20 heavy (non-hydrogen) atoms. The fourth-order valence-electron chi connectivity index (χ4n) is 2.48. The molecule has 0 aliphatic carbocycles. The zero-order chi connectivity index (χ0) is 14.4. The molecule has 4 nitrogen and oxygen atoms in total. The summed E-state index contributed by atoms with van der Waals surface area (Å²) in [5, 5.41) is 3.64. The van der Waals surface area contributed by atoms with Crippen molar-refractivity contribution in [3.63, 3.8) is 0 Å². The average molecular weight is 278 g/mol. The lowest BCUT2D eigenvalue weighted by atomic mass is 10.1. The van der Waals surface area contributed by atoms with Crippen molar-refractivity contribution in [3.8, 4) is 11.5 Å². The lowest BCUT2D eigenvalue weighted by Crippen LogP contribution is -2.35. The van der Waals surface area contributed by atoms with Crippen molar-refractivity contribution in [2.75, 3.05) is 33.0 Å². The summed E-state index contributed by atoms with van der Waals surface area (Å²) in [5.74, 6) is 1.72. The summed E-state index contributed by atoms with van der Waals surface area (Å²) >= 11 is 0. The molecule has 112 valence electrons. The van der Waals surface area contributed by atoms with Crippen LogP contribution in [0, 0.1) is 0 Å². The molecule has 0 spiro atoms. The molecule has 1 heterocycles. The first-order chi connectivity index (χ1) is 9.78. The van der Waals surface area contributed by atoms with E-state index in [9.17, 15) is 0 Å². The molecule has 0 amide bonds. The molecule has 2 rings (SSSR count). The Hall–Kier alpha value is -1.26. The Bertz CT molecular complexity index is 419. The standard InChI is InChI=1S/C16H26N2O2/c1-4-9-17-14(11-18(5-2)6-3)13-7-8-15-16(10-13)20-12-19-15/h7-8,10,14,17H,4-6,9,11-12H2,1-3H3. The molecule has 0 aromatic heterocycles. The SMILES string of the molecule is CCCNC(CN(CC)CC)c1ccc2c(c1)OCO2. The predicted octanol–water partition coefficient (Wildman–Crippen LogP) is 2.80. The zero-order valence-electron chi connectivity index (χ0n) is 12.8. The maximum absolute atomic E-state index is 5.49. The van der Waals surface area contributed by atoms with Gasteiger partial charge in [0.25, 0.3) is 0 Å². The molecule has 1 N–H and O–H groups in total. The van der Waals surface area contributed by atoms with Crippen LogP contribution in [0.4, 0.5) is 0 Å². The predicted molar refractivity (Wildman–Crippen MR) is 81.4 cm³/mol. The van der Waals surface area contributed by atoms with Crippen LogP contribution in [0.15, 0.2) is 18.2 Å². The number of nitrogens with zero attached hydrogens (tertiary/aromatic N) is 1. The van der Waals surface area contributed by atoms with Gasteiger partial charge >= 0.3 is 0 Å². The maximum Gasteiger partial charge on any atom is 0.231 e. The van der Waals surface area contributed by atoms with Gasteiger partial charge in [-0.05, 0) is 43.8 Å². The lowest BCUT2D eigenvalue weighted by molar-refractivity contribution is 0.174. The summed E-state index contributed by atoms with van der Waals surface area (Å²) in [5.41, 5.74) is 1.27. The van der Waals surface area contributed by atoms with Crippen molar-refractivity contribution in [3.05, 3.63) is 23.8 Å². The Kier molecular flexibility index (Phi) is 5.68. The number of hydrogen-bond donors (Lipinski definition) is 1. The molecule has 1 unspecified atom stereocenters. The van der Waals surface area contributed by atoms with E-state index >= 15 is 0 Å². The fraction of sp³-hybridized carbons (Fsp3) is 0.625. The fourth-order valence-corrected chi connectivity index (χ4v) is 2.48. The molecule has 1 aromatic carbocycles. The lowest BCUT2D eigenvalue weighted by Gasteiger charge is -2.26. The molecule has 4 heteroatoms. The first-order valence-electron chi connectivity index (χ1n) is 7.63. The van der Waals surface area contributed by atoms with Crippen LogP contribution in [0.2, 0.25) is 0 Å². The molecule has 0 saturated carbocycles. The number of likely N-dealkylation sites (N-methyl/N-ethyl adjacent to an activating group) is 1. The molecule has 0 bridgehead atoms. The van der Waals surface area contributed by atoms with E-state index in [4.69, 9.17) is 9.47 Å². The van der Waals surface area contributed by atoms with Gasteiger partial charge in [-0.15, -0.1) is 0 Å². The second kappa shape index (κ2) is 7.50. The Labute approximate surface area is 122 Å². The zero-order valence-corrected chi connectivity index (χ0v) is 12.8. The Balaban J connectivity index is 2.12. The van der Waals surface area contributed by atoms with Gasteiger partial charge in [-0.2, -0.15) is 0 Å². The van der Waals surface area contributed by atoms with Crippen LogP contribution < -0.4 is 14.8 Å². The monoisotopic (exact) mass is 278 g/mol. The highest BCUT2D eigenvalue weighted by molar-refractivity contribution is 5.45. The van der Waals surface area contributed by atoms with Crippen molar-refractivity contribution in [1.29, 1.82) is 0 Å². The van der Waals surface area contributed by atoms with Crippen LogP contribution in [-0.2, 0) is 0 Å². The molecule has 0 radical (unpaired) electrons. The molecule has 1 aliphatic heterocycles. The van der Waals surface area contributed by atoms with Gasteiger partial charge in [-0.3, -0.25) is 0 Å². The van der Waals surface area contributed by atoms with Crippen molar-refractivity contribution in [1.82, 2.24) is 10.2 Å². The van der Waals surface area contributed by atoms with E-state index in [0.717, 1.165) is 44.1 Å². The first-order valence-corrected chi connectivity index (χ1v) is 7.63. The van der Waals surface area contributed by atoms with Gasteiger partial charge in [0.1, 0.15) is 0 Å². The molecule has 0 saturated heterocycles. The quantitative estimate of drug-likeness (QED) is 0.793. The van der Waals surface area contributed by atoms with E-state index in [1.165, 1.54) is 5.56 Å². The van der Waals surface area contributed by atoms with Crippen LogP contribution in [0.1, 0.15) is 38.8 Å². The molecule has 1 aliphatic rings. The largest absolute Gasteiger partial charge is 0.454 e. The van der Waals surface area contributed by atoms with E-state index in [1.807, 2.05) is 6.07 Å². The average Bonchev–Trinajstić information content (AvgIpc) is 2.95. The smallest absolute Gasteiger partial charge is 0.231 e. The number of ether oxygens (including phenoxy) is 2. The highest BCUT2D eigenvalue weighted by Crippen LogP contribution is 2.34. The van der Waals surface area contributed by atoms with Crippen LogP contribution in [0.3, 0.4) is 0 Å². The first kappa shape index (κ1) is 15.1. The van der Waals surface area contributed by atoms with E-state index < -0.39 is 0 Å². The third kappa shape index (κ3) is 3.64. The minimum atomic E-state index is 0.335. The van der Waals surface area contributed by atoms with Crippen LogP contribution in [0.25, 0.3) is 0 Å². The molecule has 1 atom stereocenters. The van der Waals surface area contributed by atoms with Crippen molar-refractivity contribution in [2.45, 2.75) is 33.2 Å². The summed E-state index contributed by atoms with van der Waals surface area (Å²) in [6, 6.07) is 6.61. The molecule has 1 aromatic rings. The molecular formula is C16H26N2O2. The van der Waals surface area contributed by atoms with E-state index in [-0.39, 0.29) is 0 Å². The second-order valence-electron chi connectivity index (χ2n) is 5.11. The summed E-state index contributed by atoms with van der Waals surface area (Å²) in [4.78, 5) is 2.44. The van der Waals surface area contributed by atoms with E-state index in [2.05, 4.69) is 43.1 Å². The van der Waals surface area contributed by atoms with Crippen LogP contribution in [-0.4, -0.2) is 37.9 Å². The van der Waals surface area contributed by atoms with Gasteiger partial charge in [-0.1, -0.05) is 26.8 Å². The van der Waals surface area contributed by atoms with Gasteiger partial charge in [0.2, 0.25) is 6.79 Å². The minimum absolute atomic E-state index is 0.335. The summed E-state index contributed by atoms with van der Waals surface area (Å²) in [6.45, 7) is 11.1. The Morgan fingerprint density at radius 2 is 1.90 bits per heavy atom. The number of benzene rings is 1. The second-order valence-corrected chi connectivity index (χ2v) is 5.11. The van der Waals surface area contributed by atoms with E-state index in [0.29, 0.717) is 12.8 Å². The van der Waals surface area contributed by atoms with E-state index in [1.54, 1.807) is 0 Å². The Morgan fingerprint density at radius 1 is 1.15 bits per heavy atom. The van der Waals surface area contributed by atoms with Gasteiger partial charge in [0, 0.05) is 12.6 Å². The Morgan fingerprint density at radius 3 is 2.60 bits per heavy atom. The summed E-state index contributed by atoms with van der Waals surface area (Å²) in [6.07, 6.45) is 1.14. The van der Waals surface area contributed by atoms with Crippen molar-refractivity contribution < 1.29 is 9.47 Å². The van der Waals surface area contributed by atoms with Gasteiger partial charge in [0.15, 0.2) is 11.5 Å². The number of hydrogen-bond acceptors (Lipinski definition) is 4.